The summed E-state index contributed by atoms with van der Waals surface area (Å²) in [6, 6.07) is 6.66. The van der Waals surface area contributed by atoms with Gasteiger partial charge in [0.25, 0.3) is 9.05 Å². The van der Waals surface area contributed by atoms with Crippen molar-refractivity contribution in [2.75, 3.05) is 0 Å². The van der Waals surface area contributed by atoms with Crippen LogP contribution in [0.5, 0.6) is 0 Å². The summed E-state index contributed by atoms with van der Waals surface area (Å²) in [6.45, 7) is 1.81. The van der Waals surface area contributed by atoms with Crippen molar-refractivity contribution >= 4 is 25.6 Å². The van der Waals surface area contributed by atoms with Crippen LogP contribution in [0.25, 0.3) is 0 Å². The largest absolute Gasteiger partial charge is 0.353 e. The van der Waals surface area contributed by atoms with E-state index in [-0.39, 0.29) is 22.8 Å². The highest BCUT2D eigenvalue weighted by molar-refractivity contribution is 8.13. The van der Waals surface area contributed by atoms with Crippen LogP contribution in [0.3, 0.4) is 0 Å². The Bertz CT molecular complexity index is 553. The molecule has 0 spiro atoms. The Morgan fingerprint density at radius 2 is 2.00 bits per heavy atom. The second-order valence-corrected chi connectivity index (χ2v) is 6.94. The van der Waals surface area contributed by atoms with Crippen molar-refractivity contribution in [3.8, 4) is 0 Å². The van der Waals surface area contributed by atoms with Crippen LogP contribution in [0.2, 0.25) is 0 Å². The zero-order chi connectivity index (χ0) is 13.3. The van der Waals surface area contributed by atoms with E-state index in [4.69, 9.17) is 10.7 Å². The molecule has 0 heterocycles. The number of hydrogen-bond donors (Lipinski definition) is 1. The Labute approximate surface area is 111 Å². The maximum Gasteiger partial charge on any atom is 0.261 e. The molecule has 4 nitrogen and oxygen atoms in total. The quantitative estimate of drug-likeness (QED) is 0.862. The number of nitrogens with one attached hydrogen (secondary N) is 1. The van der Waals surface area contributed by atoms with Crippen molar-refractivity contribution in [2.45, 2.75) is 36.6 Å². The van der Waals surface area contributed by atoms with E-state index in [2.05, 4.69) is 5.32 Å². The molecule has 0 aliphatic heterocycles. The van der Waals surface area contributed by atoms with Crippen LogP contribution in [-0.4, -0.2) is 20.4 Å². The van der Waals surface area contributed by atoms with Crippen LogP contribution >= 0.6 is 10.7 Å². The molecule has 18 heavy (non-hydrogen) atoms. The van der Waals surface area contributed by atoms with Gasteiger partial charge in [-0.2, -0.15) is 0 Å². The van der Waals surface area contributed by atoms with Crippen molar-refractivity contribution in [2.24, 2.45) is 0 Å². The summed E-state index contributed by atoms with van der Waals surface area (Å²) in [5.41, 5.74) is 1.03. The molecule has 1 amide bonds. The Morgan fingerprint density at radius 1 is 1.39 bits per heavy atom. The molecule has 2 rings (SSSR count). The minimum absolute atomic E-state index is 0.0439. The first kappa shape index (κ1) is 13.4. The first-order valence-corrected chi connectivity index (χ1v) is 8.06. The lowest BCUT2D eigenvalue weighted by Crippen LogP contribution is -2.25. The molecular weight excluding hydrogens is 274 g/mol. The highest BCUT2D eigenvalue weighted by atomic mass is 35.7. The normalized spacial score (nSPS) is 22.6. The van der Waals surface area contributed by atoms with Gasteiger partial charge in [-0.15, -0.1) is 0 Å². The van der Waals surface area contributed by atoms with E-state index < -0.39 is 9.05 Å². The number of benzene rings is 1. The standard InChI is InChI=1S/C12H14ClNO3S/c1-2-12(15)14-11-7-10(11)8-3-5-9(6-4-8)18(13,16)17/h3-6,10-11H,2,7H2,1H3,(H,14,15)/t10-,11+/m0/s1. The maximum atomic E-state index is 11.2. The lowest BCUT2D eigenvalue weighted by molar-refractivity contribution is -0.120. The van der Waals surface area contributed by atoms with Gasteiger partial charge in [0.05, 0.1) is 4.90 Å². The van der Waals surface area contributed by atoms with E-state index in [0.717, 1.165) is 12.0 Å². The average molecular weight is 288 g/mol. The van der Waals surface area contributed by atoms with E-state index in [1.165, 1.54) is 12.1 Å². The Morgan fingerprint density at radius 3 is 2.50 bits per heavy atom. The highest BCUT2D eigenvalue weighted by Crippen LogP contribution is 2.41. The van der Waals surface area contributed by atoms with E-state index >= 15 is 0 Å². The van der Waals surface area contributed by atoms with E-state index in [1.807, 2.05) is 6.92 Å². The van der Waals surface area contributed by atoms with Gasteiger partial charge in [0.15, 0.2) is 0 Å². The summed E-state index contributed by atoms with van der Waals surface area (Å²) >= 11 is 0. The zero-order valence-corrected chi connectivity index (χ0v) is 11.5. The molecule has 0 aromatic heterocycles. The number of carbonyl (C=O) groups excluding carboxylic acids is 1. The molecular formula is C12H14ClNO3S. The summed E-state index contributed by atoms with van der Waals surface area (Å²) < 4.78 is 22.2. The number of halogens is 1. The predicted molar refractivity (Wildman–Crippen MR) is 69.1 cm³/mol. The Hall–Kier alpha value is -1.07. The first-order chi connectivity index (χ1) is 8.41. The number of rotatable bonds is 4. The van der Waals surface area contributed by atoms with Crippen LogP contribution < -0.4 is 5.32 Å². The second-order valence-electron chi connectivity index (χ2n) is 4.38. The van der Waals surface area contributed by atoms with Gasteiger partial charge in [0.1, 0.15) is 0 Å². The van der Waals surface area contributed by atoms with Gasteiger partial charge in [-0.3, -0.25) is 4.79 Å². The van der Waals surface area contributed by atoms with E-state index in [9.17, 15) is 13.2 Å². The molecule has 2 atom stereocenters. The maximum absolute atomic E-state index is 11.2. The molecule has 1 aromatic rings. The van der Waals surface area contributed by atoms with Crippen LogP contribution in [0, 0.1) is 0 Å². The van der Waals surface area contributed by atoms with Gasteiger partial charge in [0.2, 0.25) is 5.91 Å². The zero-order valence-electron chi connectivity index (χ0n) is 9.89. The van der Waals surface area contributed by atoms with Gasteiger partial charge in [-0.1, -0.05) is 19.1 Å². The number of hydrogen-bond acceptors (Lipinski definition) is 3. The van der Waals surface area contributed by atoms with Crippen molar-refractivity contribution in [3.63, 3.8) is 0 Å². The molecule has 1 aliphatic carbocycles. The average Bonchev–Trinajstić information content (AvgIpc) is 3.07. The summed E-state index contributed by atoms with van der Waals surface area (Å²) in [5.74, 6) is 0.329. The van der Waals surface area contributed by atoms with Gasteiger partial charge in [0, 0.05) is 29.1 Å². The molecule has 0 unspecified atom stereocenters. The van der Waals surface area contributed by atoms with Crippen LogP contribution in [0.1, 0.15) is 31.2 Å². The first-order valence-electron chi connectivity index (χ1n) is 5.76. The van der Waals surface area contributed by atoms with E-state index in [0.29, 0.717) is 6.42 Å². The molecule has 1 fully saturated rings. The molecule has 1 N–H and O–H groups in total. The molecule has 98 valence electrons. The van der Waals surface area contributed by atoms with Crippen LogP contribution in [-0.2, 0) is 13.8 Å². The molecule has 6 heteroatoms. The van der Waals surface area contributed by atoms with Crippen LogP contribution in [0.15, 0.2) is 29.2 Å². The van der Waals surface area contributed by atoms with Crippen LogP contribution in [0.4, 0.5) is 0 Å². The third-order valence-corrected chi connectivity index (χ3v) is 4.42. The smallest absolute Gasteiger partial charge is 0.261 e. The van der Waals surface area contributed by atoms with Crippen molar-refractivity contribution < 1.29 is 13.2 Å². The fraction of sp³-hybridized carbons (Fsp3) is 0.417. The fourth-order valence-corrected chi connectivity index (χ4v) is 2.68. The molecule has 0 saturated heterocycles. The topological polar surface area (TPSA) is 63.2 Å². The minimum Gasteiger partial charge on any atom is -0.353 e. The molecule has 1 aliphatic rings. The summed E-state index contributed by atoms with van der Waals surface area (Å²) in [5, 5.41) is 2.91. The Balaban J connectivity index is 2.03. The SMILES string of the molecule is CCC(=O)N[C@@H]1C[C@H]1c1ccc(S(=O)(=O)Cl)cc1. The number of carbonyl (C=O) groups is 1. The molecule has 0 radical (unpaired) electrons. The molecule has 1 saturated carbocycles. The summed E-state index contributed by atoms with van der Waals surface area (Å²) in [4.78, 5) is 11.3. The number of amides is 1. The predicted octanol–water partition coefficient (Wildman–Crippen LogP) is 2.00. The fourth-order valence-electron chi connectivity index (χ4n) is 1.91. The minimum atomic E-state index is -3.66. The van der Waals surface area contributed by atoms with Crippen molar-refractivity contribution in [1.82, 2.24) is 5.32 Å². The van der Waals surface area contributed by atoms with E-state index in [1.54, 1.807) is 12.1 Å². The molecule has 0 bridgehead atoms. The lowest BCUT2D eigenvalue weighted by atomic mass is 10.1. The van der Waals surface area contributed by atoms with Gasteiger partial charge >= 0.3 is 0 Å². The second kappa shape index (κ2) is 4.90. The van der Waals surface area contributed by atoms with Gasteiger partial charge < -0.3 is 5.32 Å². The van der Waals surface area contributed by atoms with Gasteiger partial charge in [-0.25, -0.2) is 8.42 Å². The van der Waals surface area contributed by atoms with Crippen molar-refractivity contribution in [1.29, 1.82) is 0 Å². The summed E-state index contributed by atoms with van der Waals surface area (Å²) in [6.07, 6.45) is 1.38. The third-order valence-electron chi connectivity index (χ3n) is 3.05. The highest BCUT2D eigenvalue weighted by Gasteiger charge is 2.39. The lowest BCUT2D eigenvalue weighted by Gasteiger charge is -2.03. The Kier molecular flexibility index (Phi) is 3.64. The molecule has 1 aromatic carbocycles. The van der Waals surface area contributed by atoms with Gasteiger partial charge in [-0.05, 0) is 24.1 Å². The third kappa shape index (κ3) is 3.03. The van der Waals surface area contributed by atoms with Crippen molar-refractivity contribution in [3.05, 3.63) is 29.8 Å². The summed E-state index contributed by atoms with van der Waals surface area (Å²) in [7, 11) is 1.58. The monoisotopic (exact) mass is 287 g/mol.